The van der Waals surface area contributed by atoms with Gasteiger partial charge in [-0.05, 0) is 56.0 Å². The van der Waals surface area contributed by atoms with Crippen molar-refractivity contribution in [3.8, 4) is 5.75 Å². The van der Waals surface area contributed by atoms with Gasteiger partial charge in [0.2, 0.25) is 0 Å². The summed E-state index contributed by atoms with van der Waals surface area (Å²) < 4.78 is 5.52. The average Bonchev–Trinajstić information content (AvgIpc) is 2.17. The molecular formula is C14H23NO. The van der Waals surface area contributed by atoms with Crippen molar-refractivity contribution in [1.82, 2.24) is 0 Å². The molecule has 0 saturated carbocycles. The Hall–Kier alpha value is -1.02. The number of rotatable bonds is 5. The molecule has 2 heteroatoms. The maximum absolute atomic E-state index is 6.19. The molecule has 2 N–H and O–H groups in total. The Kier molecular flexibility index (Phi) is 4.81. The Balaban J connectivity index is 3.02. The Morgan fingerprint density at radius 2 is 1.75 bits per heavy atom. The number of hydrogen-bond donors (Lipinski definition) is 1. The fraction of sp³-hybridized carbons (Fsp3) is 0.571. The van der Waals surface area contributed by atoms with E-state index in [1.807, 2.05) is 6.92 Å². The number of nitrogens with two attached hydrogens (primary N) is 1. The first-order valence-corrected chi connectivity index (χ1v) is 6.09. The van der Waals surface area contributed by atoms with Crippen LogP contribution in [0.15, 0.2) is 12.1 Å². The second-order valence-corrected chi connectivity index (χ2v) is 4.30. The van der Waals surface area contributed by atoms with Crippen LogP contribution < -0.4 is 10.5 Å². The molecule has 1 aromatic rings. The molecule has 16 heavy (non-hydrogen) atoms. The van der Waals surface area contributed by atoms with Crippen molar-refractivity contribution < 1.29 is 4.74 Å². The van der Waals surface area contributed by atoms with Crippen LogP contribution in [0.25, 0.3) is 0 Å². The van der Waals surface area contributed by atoms with Gasteiger partial charge in [-0.3, -0.25) is 0 Å². The van der Waals surface area contributed by atoms with Crippen molar-refractivity contribution in [2.75, 3.05) is 6.61 Å². The quantitative estimate of drug-likeness (QED) is 0.826. The van der Waals surface area contributed by atoms with E-state index in [9.17, 15) is 0 Å². The highest BCUT2D eigenvalue weighted by Gasteiger charge is 2.12. The van der Waals surface area contributed by atoms with Crippen molar-refractivity contribution >= 4 is 0 Å². The van der Waals surface area contributed by atoms with Crippen LogP contribution in [-0.2, 0) is 0 Å². The minimum atomic E-state index is 0.153. The minimum Gasteiger partial charge on any atom is -0.494 e. The number of aryl methyl sites for hydroxylation is 2. The molecule has 0 fully saturated rings. The van der Waals surface area contributed by atoms with Crippen LogP contribution in [-0.4, -0.2) is 6.61 Å². The summed E-state index contributed by atoms with van der Waals surface area (Å²) in [6.45, 7) is 9.10. The van der Waals surface area contributed by atoms with Gasteiger partial charge in [-0.15, -0.1) is 0 Å². The molecule has 1 aromatic carbocycles. The Morgan fingerprint density at radius 3 is 2.19 bits per heavy atom. The van der Waals surface area contributed by atoms with Crippen LogP contribution in [0.1, 0.15) is 49.4 Å². The molecule has 0 amide bonds. The molecule has 0 radical (unpaired) electrons. The fourth-order valence-corrected chi connectivity index (χ4v) is 2.23. The molecule has 1 rings (SSSR count). The lowest BCUT2D eigenvalue weighted by atomic mass is 9.94. The third kappa shape index (κ3) is 2.99. The normalized spacial score (nSPS) is 12.6. The van der Waals surface area contributed by atoms with Gasteiger partial charge < -0.3 is 10.5 Å². The first-order valence-electron chi connectivity index (χ1n) is 6.09. The van der Waals surface area contributed by atoms with Crippen molar-refractivity contribution in [2.45, 2.75) is 46.6 Å². The van der Waals surface area contributed by atoms with E-state index in [1.54, 1.807) is 0 Å². The molecule has 0 aliphatic carbocycles. The molecular weight excluding hydrogens is 198 g/mol. The summed E-state index contributed by atoms with van der Waals surface area (Å²) in [7, 11) is 0. The second-order valence-electron chi connectivity index (χ2n) is 4.30. The molecule has 0 spiro atoms. The summed E-state index contributed by atoms with van der Waals surface area (Å²) in [5.41, 5.74) is 9.95. The third-order valence-electron chi connectivity index (χ3n) is 2.85. The molecule has 1 unspecified atom stereocenters. The zero-order chi connectivity index (χ0) is 12.1. The zero-order valence-corrected chi connectivity index (χ0v) is 10.8. The Bertz CT molecular complexity index is 324. The summed E-state index contributed by atoms with van der Waals surface area (Å²) >= 11 is 0. The SMILES string of the molecule is CCCC(N)c1c(C)cc(OCC)cc1C. The predicted octanol–water partition coefficient (Wildman–Crippen LogP) is 3.50. The topological polar surface area (TPSA) is 35.2 Å². The Morgan fingerprint density at radius 1 is 1.19 bits per heavy atom. The van der Waals surface area contributed by atoms with Gasteiger partial charge in [0.05, 0.1) is 6.61 Å². The van der Waals surface area contributed by atoms with Crippen LogP contribution in [0.2, 0.25) is 0 Å². The zero-order valence-electron chi connectivity index (χ0n) is 10.8. The molecule has 1 atom stereocenters. The van der Waals surface area contributed by atoms with Gasteiger partial charge in [-0.25, -0.2) is 0 Å². The summed E-state index contributed by atoms with van der Waals surface area (Å²) in [5.74, 6) is 0.949. The fourth-order valence-electron chi connectivity index (χ4n) is 2.23. The Labute approximate surface area is 98.8 Å². The van der Waals surface area contributed by atoms with E-state index in [-0.39, 0.29) is 6.04 Å². The summed E-state index contributed by atoms with van der Waals surface area (Å²) in [6, 6.07) is 4.32. The third-order valence-corrected chi connectivity index (χ3v) is 2.85. The van der Waals surface area contributed by atoms with Crippen molar-refractivity contribution in [3.05, 3.63) is 28.8 Å². The number of benzene rings is 1. The monoisotopic (exact) mass is 221 g/mol. The molecule has 0 heterocycles. The van der Waals surface area contributed by atoms with Gasteiger partial charge in [0.1, 0.15) is 5.75 Å². The van der Waals surface area contributed by atoms with Crippen LogP contribution in [0.5, 0.6) is 5.75 Å². The standard InChI is InChI=1S/C14H23NO/c1-5-7-13(15)14-10(3)8-12(16-6-2)9-11(14)4/h8-9,13H,5-7,15H2,1-4H3. The van der Waals surface area contributed by atoms with Crippen LogP contribution in [0.4, 0.5) is 0 Å². The predicted molar refractivity (Wildman–Crippen MR) is 68.9 cm³/mol. The first kappa shape index (κ1) is 13.0. The smallest absolute Gasteiger partial charge is 0.119 e. The molecule has 0 aliphatic heterocycles. The lowest BCUT2D eigenvalue weighted by molar-refractivity contribution is 0.339. The van der Waals surface area contributed by atoms with E-state index in [0.29, 0.717) is 6.61 Å². The summed E-state index contributed by atoms with van der Waals surface area (Å²) in [5, 5.41) is 0. The average molecular weight is 221 g/mol. The number of ether oxygens (including phenoxy) is 1. The van der Waals surface area contributed by atoms with Crippen LogP contribution in [0.3, 0.4) is 0 Å². The number of hydrogen-bond acceptors (Lipinski definition) is 2. The van der Waals surface area contributed by atoms with Gasteiger partial charge in [-0.2, -0.15) is 0 Å². The molecule has 0 aromatic heterocycles. The highest BCUT2D eigenvalue weighted by atomic mass is 16.5. The van der Waals surface area contributed by atoms with E-state index >= 15 is 0 Å². The summed E-state index contributed by atoms with van der Waals surface area (Å²) in [6.07, 6.45) is 2.16. The van der Waals surface area contributed by atoms with Crippen molar-refractivity contribution in [1.29, 1.82) is 0 Å². The van der Waals surface area contributed by atoms with E-state index in [4.69, 9.17) is 10.5 Å². The van der Waals surface area contributed by atoms with E-state index in [0.717, 1.165) is 18.6 Å². The lowest BCUT2D eigenvalue weighted by Gasteiger charge is -2.18. The lowest BCUT2D eigenvalue weighted by Crippen LogP contribution is -2.13. The van der Waals surface area contributed by atoms with Crippen LogP contribution in [0, 0.1) is 13.8 Å². The maximum Gasteiger partial charge on any atom is 0.119 e. The second kappa shape index (κ2) is 5.90. The molecule has 2 nitrogen and oxygen atoms in total. The molecule has 0 bridgehead atoms. The van der Waals surface area contributed by atoms with Gasteiger partial charge in [0.15, 0.2) is 0 Å². The summed E-state index contributed by atoms with van der Waals surface area (Å²) in [4.78, 5) is 0. The van der Waals surface area contributed by atoms with Gasteiger partial charge in [0, 0.05) is 6.04 Å². The van der Waals surface area contributed by atoms with Crippen molar-refractivity contribution in [3.63, 3.8) is 0 Å². The molecule has 0 aliphatic rings. The van der Waals surface area contributed by atoms with Gasteiger partial charge in [0.25, 0.3) is 0 Å². The van der Waals surface area contributed by atoms with E-state index in [2.05, 4.69) is 32.9 Å². The van der Waals surface area contributed by atoms with E-state index in [1.165, 1.54) is 16.7 Å². The van der Waals surface area contributed by atoms with Crippen molar-refractivity contribution in [2.24, 2.45) is 5.73 Å². The highest BCUT2D eigenvalue weighted by molar-refractivity contribution is 5.42. The molecule has 90 valence electrons. The highest BCUT2D eigenvalue weighted by Crippen LogP contribution is 2.27. The molecule has 0 saturated heterocycles. The minimum absolute atomic E-state index is 0.153. The van der Waals surface area contributed by atoms with Gasteiger partial charge >= 0.3 is 0 Å². The van der Waals surface area contributed by atoms with E-state index < -0.39 is 0 Å². The largest absolute Gasteiger partial charge is 0.494 e. The first-order chi connectivity index (χ1) is 7.60. The maximum atomic E-state index is 6.19. The van der Waals surface area contributed by atoms with Gasteiger partial charge in [-0.1, -0.05) is 13.3 Å². The van der Waals surface area contributed by atoms with Crippen LogP contribution >= 0.6 is 0 Å².